The van der Waals surface area contributed by atoms with E-state index in [0.717, 1.165) is 30.4 Å². The van der Waals surface area contributed by atoms with Crippen LogP contribution in [0.15, 0.2) is 59.5 Å². The van der Waals surface area contributed by atoms with Gasteiger partial charge in [-0.05, 0) is 61.8 Å². The minimum absolute atomic E-state index is 0.0532. The van der Waals surface area contributed by atoms with E-state index in [4.69, 9.17) is 0 Å². The van der Waals surface area contributed by atoms with Crippen molar-refractivity contribution in [1.82, 2.24) is 14.9 Å². The van der Waals surface area contributed by atoms with Crippen LogP contribution in [0.25, 0.3) is 0 Å². The molecule has 0 bridgehead atoms. The monoisotopic (exact) mass is 499 g/mol. The van der Waals surface area contributed by atoms with Crippen LogP contribution in [-0.4, -0.2) is 43.8 Å². The lowest BCUT2D eigenvalue weighted by Crippen LogP contribution is -2.48. The highest BCUT2D eigenvalue weighted by molar-refractivity contribution is 7.89. The lowest BCUT2D eigenvalue weighted by atomic mass is 10.1. The highest BCUT2D eigenvalue weighted by atomic mass is 32.2. The fourth-order valence-corrected chi connectivity index (χ4v) is 5.02. The predicted molar refractivity (Wildman–Crippen MR) is 137 cm³/mol. The summed E-state index contributed by atoms with van der Waals surface area (Å²) in [4.78, 5) is 27.9. The summed E-state index contributed by atoms with van der Waals surface area (Å²) in [6, 6.07) is 15.7. The molecule has 0 spiro atoms. The highest BCUT2D eigenvalue weighted by Crippen LogP contribution is 2.22. The van der Waals surface area contributed by atoms with Crippen molar-refractivity contribution in [2.75, 3.05) is 6.54 Å². The summed E-state index contributed by atoms with van der Waals surface area (Å²) in [7, 11) is -3.50. The fraction of sp³-hybridized carbons (Fsp3) is 0.481. The molecule has 2 amide bonds. The Bertz CT molecular complexity index is 1080. The number of hydrogen-bond acceptors (Lipinski definition) is 4. The molecule has 0 aromatic heterocycles. The van der Waals surface area contributed by atoms with Crippen LogP contribution in [0.4, 0.5) is 0 Å². The molecule has 2 aromatic carbocycles. The van der Waals surface area contributed by atoms with Gasteiger partial charge in [0.1, 0.15) is 6.04 Å². The molecule has 190 valence electrons. The van der Waals surface area contributed by atoms with Gasteiger partial charge in [-0.3, -0.25) is 9.59 Å². The van der Waals surface area contributed by atoms with Crippen molar-refractivity contribution in [2.45, 2.75) is 76.4 Å². The maximum atomic E-state index is 13.2. The zero-order valence-corrected chi connectivity index (χ0v) is 21.7. The summed E-state index contributed by atoms with van der Waals surface area (Å²) >= 11 is 0. The summed E-state index contributed by atoms with van der Waals surface area (Å²) in [5, 5.41) is 2.95. The zero-order chi connectivity index (χ0) is 25.4. The number of carbonyl (C=O) groups is 2. The molecule has 1 aliphatic rings. The number of aryl methyl sites for hydroxylation is 1. The number of benzene rings is 2. The average Bonchev–Trinajstić information content (AvgIpc) is 3.64. The predicted octanol–water partition coefficient (Wildman–Crippen LogP) is 3.64. The van der Waals surface area contributed by atoms with Crippen LogP contribution in [0, 0.1) is 5.92 Å². The molecule has 35 heavy (non-hydrogen) atoms. The minimum Gasteiger partial charge on any atom is -0.354 e. The molecule has 8 heteroatoms. The number of nitrogens with one attached hydrogen (secondary N) is 2. The van der Waals surface area contributed by atoms with Crippen LogP contribution in [0.2, 0.25) is 0 Å². The van der Waals surface area contributed by atoms with E-state index in [-0.39, 0.29) is 29.2 Å². The number of amides is 2. The molecule has 2 aromatic rings. The number of carbonyl (C=O) groups excluding carboxylic acids is 2. The van der Waals surface area contributed by atoms with Crippen LogP contribution >= 0.6 is 0 Å². The van der Waals surface area contributed by atoms with Crippen molar-refractivity contribution < 1.29 is 18.0 Å². The fourth-order valence-electron chi connectivity index (χ4n) is 3.71. The van der Waals surface area contributed by atoms with Gasteiger partial charge in [0.15, 0.2) is 0 Å². The Labute approximate surface area is 209 Å². The third-order valence-electron chi connectivity index (χ3n) is 6.14. The Hall–Kier alpha value is -2.71. The lowest BCUT2D eigenvalue weighted by Gasteiger charge is -2.29. The summed E-state index contributed by atoms with van der Waals surface area (Å²) in [5.74, 6) is 0.207. The molecule has 0 heterocycles. The van der Waals surface area contributed by atoms with E-state index in [0.29, 0.717) is 25.4 Å². The topological polar surface area (TPSA) is 95.6 Å². The van der Waals surface area contributed by atoms with Crippen molar-refractivity contribution in [3.8, 4) is 0 Å². The standard InChI is InChI=1S/C27H37N3O4S/c1-20(2)17-18-28-27(32)21(3)30(19-23-7-5-4-6-8-23)26(31)16-11-22-9-14-25(15-10-22)35(33,34)29-24-12-13-24/h4-10,14-15,20-21,24,29H,11-13,16-19H2,1-3H3,(H,28,32)/t21-/m0/s1. The van der Waals surface area contributed by atoms with Crippen LogP contribution in [0.3, 0.4) is 0 Å². The molecule has 7 nitrogen and oxygen atoms in total. The maximum absolute atomic E-state index is 13.2. The normalized spacial score (nSPS) is 14.5. The molecule has 1 atom stereocenters. The van der Waals surface area contributed by atoms with Crippen molar-refractivity contribution in [3.05, 3.63) is 65.7 Å². The van der Waals surface area contributed by atoms with Crippen LogP contribution < -0.4 is 10.0 Å². The van der Waals surface area contributed by atoms with Gasteiger partial charge < -0.3 is 10.2 Å². The number of nitrogens with zero attached hydrogens (tertiary/aromatic N) is 1. The second-order valence-electron chi connectivity index (χ2n) is 9.70. The van der Waals surface area contributed by atoms with E-state index in [1.165, 1.54) is 0 Å². The minimum atomic E-state index is -3.50. The smallest absolute Gasteiger partial charge is 0.242 e. The first-order chi connectivity index (χ1) is 16.7. The van der Waals surface area contributed by atoms with Crippen molar-refractivity contribution in [2.24, 2.45) is 5.92 Å². The molecular weight excluding hydrogens is 462 g/mol. The van der Waals surface area contributed by atoms with Crippen molar-refractivity contribution >= 4 is 21.8 Å². The molecular formula is C27H37N3O4S. The molecule has 1 fully saturated rings. The summed E-state index contributed by atoms with van der Waals surface area (Å²) in [5.41, 5.74) is 1.83. The Balaban J connectivity index is 1.63. The van der Waals surface area contributed by atoms with E-state index >= 15 is 0 Å². The van der Waals surface area contributed by atoms with Gasteiger partial charge in [-0.2, -0.15) is 0 Å². The number of rotatable bonds is 13. The summed E-state index contributed by atoms with van der Waals surface area (Å²) in [6.45, 7) is 6.90. The first kappa shape index (κ1) is 26.9. The summed E-state index contributed by atoms with van der Waals surface area (Å²) < 4.78 is 27.4. The summed E-state index contributed by atoms with van der Waals surface area (Å²) in [6.07, 6.45) is 3.33. The second kappa shape index (κ2) is 12.3. The van der Waals surface area contributed by atoms with Crippen LogP contribution in [0.1, 0.15) is 57.6 Å². The Kier molecular flexibility index (Phi) is 9.46. The van der Waals surface area contributed by atoms with Gasteiger partial charge in [0.2, 0.25) is 21.8 Å². The molecule has 0 saturated heterocycles. The van der Waals surface area contributed by atoms with Gasteiger partial charge in [-0.15, -0.1) is 0 Å². The molecule has 0 unspecified atom stereocenters. The van der Waals surface area contributed by atoms with Crippen LogP contribution in [0.5, 0.6) is 0 Å². The second-order valence-corrected chi connectivity index (χ2v) is 11.4. The molecule has 1 saturated carbocycles. The quantitative estimate of drug-likeness (QED) is 0.440. The first-order valence-corrected chi connectivity index (χ1v) is 13.9. The van der Waals surface area contributed by atoms with Gasteiger partial charge in [-0.1, -0.05) is 56.3 Å². The van der Waals surface area contributed by atoms with Crippen molar-refractivity contribution in [1.29, 1.82) is 0 Å². The van der Waals surface area contributed by atoms with E-state index in [1.807, 2.05) is 30.3 Å². The van der Waals surface area contributed by atoms with Gasteiger partial charge in [0.25, 0.3) is 0 Å². The van der Waals surface area contributed by atoms with Gasteiger partial charge in [-0.25, -0.2) is 13.1 Å². The Morgan fingerprint density at radius 1 is 0.971 bits per heavy atom. The van der Waals surface area contributed by atoms with E-state index in [1.54, 1.807) is 36.1 Å². The van der Waals surface area contributed by atoms with Gasteiger partial charge in [0, 0.05) is 25.6 Å². The van der Waals surface area contributed by atoms with Crippen molar-refractivity contribution in [3.63, 3.8) is 0 Å². The first-order valence-electron chi connectivity index (χ1n) is 12.4. The number of sulfonamides is 1. The number of hydrogen-bond donors (Lipinski definition) is 2. The third kappa shape index (κ3) is 8.47. The average molecular weight is 500 g/mol. The Morgan fingerprint density at radius 2 is 1.63 bits per heavy atom. The molecule has 0 radical (unpaired) electrons. The SMILES string of the molecule is CC(C)CCNC(=O)[C@H](C)N(Cc1ccccc1)C(=O)CCc1ccc(S(=O)(=O)NC2CC2)cc1. The van der Waals surface area contributed by atoms with Gasteiger partial charge in [0.05, 0.1) is 4.90 Å². The zero-order valence-electron chi connectivity index (χ0n) is 20.9. The lowest BCUT2D eigenvalue weighted by molar-refractivity contribution is -0.140. The van der Waals surface area contributed by atoms with Gasteiger partial charge >= 0.3 is 0 Å². The van der Waals surface area contributed by atoms with E-state index < -0.39 is 16.1 Å². The molecule has 3 rings (SSSR count). The molecule has 0 aliphatic heterocycles. The molecule has 2 N–H and O–H groups in total. The van der Waals surface area contributed by atoms with E-state index in [9.17, 15) is 18.0 Å². The van der Waals surface area contributed by atoms with E-state index in [2.05, 4.69) is 23.9 Å². The molecule has 1 aliphatic carbocycles. The largest absolute Gasteiger partial charge is 0.354 e. The van der Waals surface area contributed by atoms with Crippen LogP contribution in [-0.2, 0) is 32.6 Å². The third-order valence-corrected chi connectivity index (χ3v) is 7.68. The highest BCUT2D eigenvalue weighted by Gasteiger charge is 2.28. The maximum Gasteiger partial charge on any atom is 0.242 e. The Morgan fingerprint density at radius 3 is 2.23 bits per heavy atom.